The van der Waals surface area contributed by atoms with E-state index >= 15 is 0 Å². The summed E-state index contributed by atoms with van der Waals surface area (Å²) in [7, 11) is 1.56. The molecule has 1 amide bonds. The van der Waals surface area contributed by atoms with Gasteiger partial charge in [-0.3, -0.25) is 13.8 Å². The number of nitrogens with zero attached hydrogens (tertiary/aromatic N) is 1. The lowest BCUT2D eigenvalue weighted by atomic mass is 10.0. The highest BCUT2D eigenvalue weighted by molar-refractivity contribution is 7.47. The summed E-state index contributed by atoms with van der Waals surface area (Å²) in [5.74, 6) is -0.185. The molecule has 0 saturated carbocycles. The van der Waals surface area contributed by atoms with E-state index in [4.69, 9.17) is 9.05 Å². The Balaban J connectivity index is 3.94. The molecule has 84 heavy (non-hydrogen) atoms. The van der Waals surface area contributed by atoms with Gasteiger partial charge in [-0.1, -0.05) is 338 Å². The van der Waals surface area contributed by atoms with Gasteiger partial charge in [0.2, 0.25) is 5.91 Å². The predicted molar refractivity (Wildman–Crippen MR) is 369 cm³/mol. The van der Waals surface area contributed by atoms with E-state index in [1.54, 1.807) is 6.08 Å². The number of phosphoric acid groups is 1. The standard InChI is InChI=1S/C75H143N2O6P/c1-6-8-10-12-14-16-18-20-22-24-26-28-29-30-31-32-33-34-35-36-37-38-39-40-41-42-43-44-45-46-47-49-51-53-55-57-59-61-63-65-67-69-75(79)76-73(72-83-84(80,81)82-71-70-77(3,4)5)74(78)68-66-64-62-60-58-56-54-52-50-48-27-25-23-21-19-17-15-13-11-9-7-2/h18,20,24,26,50,52,58,60,66,68,73-74,78H,6-17,19,21-23,25,27-49,51,53-57,59,61-65,67,69-72H2,1-5H3,(H-,76,79,80,81)/p+1/b20-18-,26-24-,52-50+,60-58+,68-66+. The smallest absolute Gasteiger partial charge is 0.387 e. The molecular formula is C75H144N2O6P+. The van der Waals surface area contributed by atoms with E-state index in [2.05, 4.69) is 67.8 Å². The molecule has 0 aliphatic carbocycles. The van der Waals surface area contributed by atoms with Crippen LogP contribution >= 0.6 is 7.82 Å². The lowest BCUT2D eigenvalue weighted by molar-refractivity contribution is -0.870. The number of rotatable bonds is 68. The maximum Gasteiger partial charge on any atom is 0.472 e. The quantitative estimate of drug-likeness (QED) is 0.0243. The van der Waals surface area contributed by atoms with Crippen molar-refractivity contribution in [2.24, 2.45) is 0 Å². The van der Waals surface area contributed by atoms with Gasteiger partial charge in [0.15, 0.2) is 0 Å². The molecule has 0 aromatic rings. The molecular weight excluding hydrogens is 1060 g/mol. The Morgan fingerprint density at radius 1 is 0.405 bits per heavy atom. The monoisotopic (exact) mass is 1200 g/mol. The molecule has 0 spiro atoms. The van der Waals surface area contributed by atoms with Gasteiger partial charge in [0, 0.05) is 6.42 Å². The zero-order chi connectivity index (χ0) is 61.2. The summed E-state index contributed by atoms with van der Waals surface area (Å²) >= 11 is 0. The Bertz CT molecular complexity index is 1550. The zero-order valence-corrected chi connectivity index (χ0v) is 57.5. The first-order valence-corrected chi connectivity index (χ1v) is 38.2. The minimum atomic E-state index is -4.36. The number of carbonyl (C=O) groups is 1. The van der Waals surface area contributed by atoms with Crippen molar-refractivity contribution in [1.29, 1.82) is 0 Å². The van der Waals surface area contributed by atoms with E-state index in [0.29, 0.717) is 17.4 Å². The van der Waals surface area contributed by atoms with Crippen molar-refractivity contribution in [3.63, 3.8) is 0 Å². The molecule has 0 aromatic carbocycles. The molecule has 0 bridgehead atoms. The SMILES string of the molecule is CCCCCCC/C=C\C/C=C\CCCCCCCCCCCCCCCCCCCCCCCCCCCCCCCC(=O)NC(COP(=O)(O)OCC[N+](C)(C)C)C(O)/C=C/CC/C=C/CC/C=C/CCCCCCCCCCCCC. The van der Waals surface area contributed by atoms with Gasteiger partial charge < -0.3 is 19.8 Å². The highest BCUT2D eigenvalue weighted by Crippen LogP contribution is 2.43. The van der Waals surface area contributed by atoms with Crippen LogP contribution in [0.2, 0.25) is 0 Å². The Morgan fingerprint density at radius 3 is 1.02 bits per heavy atom. The van der Waals surface area contributed by atoms with E-state index < -0.39 is 20.0 Å². The molecule has 0 aromatic heterocycles. The van der Waals surface area contributed by atoms with Crippen molar-refractivity contribution in [3.05, 3.63) is 60.8 Å². The number of nitrogens with one attached hydrogen (secondary N) is 1. The summed E-state index contributed by atoms with van der Waals surface area (Å²) in [6, 6.07) is -0.871. The molecule has 0 rings (SSSR count). The van der Waals surface area contributed by atoms with Crippen LogP contribution in [0.25, 0.3) is 0 Å². The molecule has 0 aliphatic heterocycles. The summed E-state index contributed by atoms with van der Waals surface area (Å²) in [4.78, 5) is 23.4. The van der Waals surface area contributed by atoms with E-state index in [-0.39, 0.29) is 19.1 Å². The Kier molecular flexibility index (Phi) is 64.2. The molecule has 0 fully saturated rings. The highest BCUT2D eigenvalue weighted by Gasteiger charge is 2.28. The van der Waals surface area contributed by atoms with Crippen LogP contribution in [0.3, 0.4) is 0 Å². The third-order valence-corrected chi connectivity index (χ3v) is 17.7. The summed E-state index contributed by atoms with van der Waals surface area (Å²) in [5, 5.41) is 14.0. The van der Waals surface area contributed by atoms with Gasteiger partial charge in [-0.15, -0.1) is 0 Å². The fraction of sp³-hybridized carbons (Fsp3) is 0.853. The molecule has 8 nitrogen and oxygen atoms in total. The van der Waals surface area contributed by atoms with Gasteiger partial charge in [-0.2, -0.15) is 0 Å². The number of hydrogen-bond donors (Lipinski definition) is 3. The number of likely N-dealkylation sites (N-methyl/N-ethyl adjacent to an activating group) is 1. The van der Waals surface area contributed by atoms with Gasteiger partial charge in [-0.05, 0) is 77.0 Å². The van der Waals surface area contributed by atoms with Gasteiger partial charge in [-0.25, -0.2) is 4.57 Å². The fourth-order valence-electron chi connectivity index (χ4n) is 11.0. The van der Waals surface area contributed by atoms with Crippen LogP contribution in [0.4, 0.5) is 0 Å². The minimum Gasteiger partial charge on any atom is -0.387 e. The number of hydrogen-bond acceptors (Lipinski definition) is 5. The first-order valence-electron chi connectivity index (χ1n) is 36.7. The van der Waals surface area contributed by atoms with E-state index in [0.717, 1.165) is 51.4 Å². The van der Waals surface area contributed by atoms with Gasteiger partial charge in [0.1, 0.15) is 13.2 Å². The maximum atomic E-state index is 13.0. The maximum absolute atomic E-state index is 13.0. The second-order valence-corrected chi connectivity index (χ2v) is 27.8. The van der Waals surface area contributed by atoms with Crippen LogP contribution in [-0.4, -0.2) is 73.4 Å². The van der Waals surface area contributed by atoms with Gasteiger partial charge in [0.05, 0.1) is 39.9 Å². The molecule has 0 radical (unpaired) electrons. The number of unbranched alkanes of at least 4 members (excludes halogenated alkanes) is 47. The van der Waals surface area contributed by atoms with Gasteiger partial charge >= 0.3 is 7.82 Å². The third kappa shape index (κ3) is 67.7. The second kappa shape index (κ2) is 65.6. The van der Waals surface area contributed by atoms with Crippen molar-refractivity contribution in [1.82, 2.24) is 5.32 Å². The predicted octanol–water partition coefficient (Wildman–Crippen LogP) is 23.6. The lowest BCUT2D eigenvalue weighted by Gasteiger charge is -2.25. The molecule has 3 unspecified atom stereocenters. The Hall–Kier alpha value is -1.80. The summed E-state index contributed by atoms with van der Waals surface area (Å²) in [5.41, 5.74) is 0. The first kappa shape index (κ1) is 82.2. The van der Waals surface area contributed by atoms with Gasteiger partial charge in [0.25, 0.3) is 0 Å². The number of carbonyl (C=O) groups excluding carboxylic acids is 1. The molecule has 0 aliphatic rings. The number of quaternary nitrogens is 1. The summed E-state index contributed by atoms with van der Waals surface area (Å²) in [6.45, 7) is 4.82. The number of phosphoric ester groups is 1. The average molecular weight is 1200 g/mol. The van der Waals surface area contributed by atoms with Crippen LogP contribution in [0.5, 0.6) is 0 Å². The summed E-state index contributed by atoms with van der Waals surface area (Å²) < 4.78 is 23.8. The normalized spacial score (nSPS) is 13.9. The molecule has 494 valence electrons. The van der Waals surface area contributed by atoms with E-state index in [1.807, 2.05) is 27.2 Å². The van der Waals surface area contributed by atoms with Crippen LogP contribution in [-0.2, 0) is 18.4 Å². The average Bonchev–Trinajstić information content (AvgIpc) is 3.56. The van der Waals surface area contributed by atoms with Crippen LogP contribution in [0, 0.1) is 0 Å². The van der Waals surface area contributed by atoms with Crippen LogP contribution < -0.4 is 5.32 Å². The Labute approximate surface area is 523 Å². The number of aliphatic hydroxyl groups excluding tert-OH is 1. The first-order chi connectivity index (χ1) is 41.0. The lowest BCUT2D eigenvalue weighted by Crippen LogP contribution is -2.45. The van der Waals surface area contributed by atoms with Crippen molar-refractivity contribution in [2.75, 3.05) is 40.9 Å². The molecule has 3 N–H and O–H groups in total. The molecule has 3 atom stereocenters. The van der Waals surface area contributed by atoms with E-state index in [1.165, 1.54) is 289 Å². The fourth-order valence-corrected chi connectivity index (χ4v) is 11.7. The zero-order valence-electron chi connectivity index (χ0n) is 56.7. The van der Waals surface area contributed by atoms with Crippen molar-refractivity contribution >= 4 is 13.7 Å². The number of allylic oxidation sites excluding steroid dienone is 9. The number of amides is 1. The Morgan fingerprint density at radius 2 is 0.690 bits per heavy atom. The third-order valence-electron chi connectivity index (χ3n) is 16.7. The topological polar surface area (TPSA) is 105 Å². The van der Waals surface area contributed by atoms with Crippen LogP contribution in [0.1, 0.15) is 361 Å². The summed E-state index contributed by atoms with van der Waals surface area (Å²) in [6.07, 6.45) is 91.2. The second-order valence-electron chi connectivity index (χ2n) is 26.3. The molecule has 9 heteroatoms. The van der Waals surface area contributed by atoms with Crippen LogP contribution in [0.15, 0.2) is 60.8 Å². The largest absolute Gasteiger partial charge is 0.472 e. The van der Waals surface area contributed by atoms with E-state index in [9.17, 15) is 19.4 Å². The molecule has 0 saturated heterocycles. The highest BCUT2D eigenvalue weighted by atomic mass is 31.2. The van der Waals surface area contributed by atoms with Crippen molar-refractivity contribution in [3.8, 4) is 0 Å². The van der Waals surface area contributed by atoms with Crippen molar-refractivity contribution in [2.45, 2.75) is 373 Å². The number of aliphatic hydroxyl groups is 1. The molecule has 0 heterocycles. The minimum absolute atomic E-state index is 0.0542. The van der Waals surface area contributed by atoms with Crippen molar-refractivity contribution < 1.29 is 32.9 Å².